The monoisotopic (exact) mass is 228 g/mol. The summed E-state index contributed by atoms with van der Waals surface area (Å²) in [6, 6.07) is 0. The summed E-state index contributed by atoms with van der Waals surface area (Å²) in [4.78, 5) is 10.5. The lowest BCUT2D eigenvalue weighted by Gasteiger charge is -2.15. The van der Waals surface area contributed by atoms with Crippen LogP contribution in [0.4, 0.5) is 0 Å². The van der Waals surface area contributed by atoms with Crippen molar-refractivity contribution in [3.05, 3.63) is 28.3 Å². The molecule has 1 aliphatic rings. The van der Waals surface area contributed by atoms with E-state index in [0.29, 0.717) is 12.2 Å². The van der Waals surface area contributed by atoms with Crippen molar-refractivity contribution in [1.29, 1.82) is 0 Å². The minimum atomic E-state index is -0.244. The SMILES string of the molecule is CCOC1C=CC=C(Br)C1=C=O. The molecule has 0 saturated heterocycles. The summed E-state index contributed by atoms with van der Waals surface area (Å²) < 4.78 is 6.05. The Morgan fingerprint density at radius 1 is 1.75 bits per heavy atom. The molecule has 1 atom stereocenters. The van der Waals surface area contributed by atoms with Crippen LogP contribution in [0.2, 0.25) is 0 Å². The van der Waals surface area contributed by atoms with Crippen molar-refractivity contribution < 1.29 is 9.53 Å². The lowest BCUT2D eigenvalue weighted by molar-refractivity contribution is 0.122. The smallest absolute Gasteiger partial charge is 0.132 e. The first-order valence-corrected chi connectivity index (χ1v) is 4.49. The van der Waals surface area contributed by atoms with Gasteiger partial charge in [0.05, 0.1) is 5.57 Å². The minimum Gasteiger partial charge on any atom is -0.369 e. The molecule has 0 saturated carbocycles. The molecule has 64 valence electrons. The summed E-state index contributed by atoms with van der Waals surface area (Å²) in [5.41, 5.74) is 0.527. The predicted octanol–water partition coefficient (Wildman–Crippen LogP) is 2.00. The standard InChI is InChI=1S/C9H9BrO2/c1-2-12-9-5-3-4-8(10)7(9)6-11/h3-5,9H,2H2,1H3. The molecule has 3 heteroatoms. The van der Waals surface area contributed by atoms with Crippen molar-refractivity contribution in [2.24, 2.45) is 0 Å². The molecule has 0 N–H and O–H groups in total. The fourth-order valence-corrected chi connectivity index (χ4v) is 1.45. The van der Waals surface area contributed by atoms with Gasteiger partial charge in [0.1, 0.15) is 12.0 Å². The molecular formula is C9H9BrO2. The normalized spacial score (nSPS) is 22.0. The number of hydrogen-bond donors (Lipinski definition) is 0. The molecule has 1 aliphatic carbocycles. The maximum Gasteiger partial charge on any atom is 0.132 e. The number of rotatable bonds is 2. The number of hydrogen-bond acceptors (Lipinski definition) is 2. The van der Waals surface area contributed by atoms with Crippen LogP contribution >= 0.6 is 15.9 Å². The maximum absolute atomic E-state index is 10.5. The average Bonchev–Trinajstić information content (AvgIpc) is 2.05. The summed E-state index contributed by atoms with van der Waals surface area (Å²) in [6.07, 6.45) is 5.24. The molecule has 1 unspecified atom stereocenters. The Hall–Kier alpha value is -0.630. The van der Waals surface area contributed by atoms with E-state index in [2.05, 4.69) is 15.9 Å². The lowest BCUT2D eigenvalue weighted by atomic mass is 10.1. The summed E-state index contributed by atoms with van der Waals surface area (Å²) in [5, 5.41) is 0. The Morgan fingerprint density at radius 2 is 2.50 bits per heavy atom. The second-order valence-electron chi connectivity index (χ2n) is 2.29. The van der Waals surface area contributed by atoms with E-state index < -0.39 is 0 Å². The van der Waals surface area contributed by atoms with Crippen molar-refractivity contribution in [2.45, 2.75) is 13.0 Å². The van der Waals surface area contributed by atoms with E-state index >= 15 is 0 Å². The summed E-state index contributed by atoms with van der Waals surface area (Å²) >= 11 is 3.26. The third kappa shape index (κ3) is 1.95. The zero-order valence-electron chi connectivity index (χ0n) is 6.71. The van der Waals surface area contributed by atoms with Crippen molar-refractivity contribution in [2.75, 3.05) is 6.61 Å². The van der Waals surface area contributed by atoms with Gasteiger partial charge in [0.2, 0.25) is 0 Å². The molecule has 2 nitrogen and oxygen atoms in total. The first-order chi connectivity index (χ1) is 5.79. The molecule has 0 heterocycles. The van der Waals surface area contributed by atoms with Gasteiger partial charge < -0.3 is 4.74 Å². The van der Waals surface area contributed by atoms with Crippen LogP contribution in [0, 0.1) is 0 Å². The molecule has 0 aromatic rings. The molecular weight excluding hydrogens is 220 g/mol. The Morgan fingerprint density at radius 3 is 3.08 bits per heavy atom. The summed E-state index contributed by atoms with van der Waals surface area (Å²) in [6.45, 7) is 2.48. The van der Waals surface area contributed by atoms with E-state index in [4.69, 9.17) is 4.74 Å². The zero-order chi connectivity index (χ0) is 8.97. The number of carbonyl (C=O) groups excluding carboxylic acids is 1. The topological polar surface area (TPSA) is 26.3 Å². The highest BCUT2D eigenvalue weighted by atomic mass is 79.9. The number of halogens is 1. The van der Waals surface area contributed by atoms with E-state index in [-0.39, 0.29) is 6.10 Å². The number of ether oxygens (including phenoxy) is 1. The van der Waals surface area contributed by atoms with Gasteiger partial charge in [0, 0.05) is 11.1 Å². The van der Waals surface area contributed by atoms with E-state index in [1.54, 1.807) is 6.08 Å². The van der Waals surface area contributed by atoms with Gasteiger partial charge in [0.25, 0.3) is 0 Å². The van der Waals surface area contributed by atoms with Crippen molar-refractivity contribution in [3.8, 4) is 0 Å². The molecule has 0 radical (unpaired) electrons. The van der Waals surface area contributed by atoms with Gasteiger partial charge in [0.15, 0.2) is 0 Å². The molecule has 0 aliphatic heterocycles. The van der Waals surface area contributed by atoms with Crippen molar-refractivity contribution in [1.82, 2.24) is 0 Å². The zero-order valence-corrected chi connectivity index (χ0v) is 8.30. The summed E-state index contributed by atoms with van der Waals surface area (Å²) in [7, 11) is 0. The second kappa shape index (κ2) is 4.41. The van der Waals surface area contributed by atoms with Crippen LogP contribution in [0.25, 0.3) is 0 Å². The Labute approximate surface area is 79.7 Å². The first kappa shape index (κ1) is 9.46. The molecule has 0 amide bonds. The molecule has 0 aromatic carbocycles. The van der Waals surface area contributed by atoms with E-state index in [1.165, 1.54) is 0 Å². The van der Waals surface area contributed by atoms with Crippen molar-refractivity contribution >= 4 is 21.9 Å². The fourth-order valence-electron chi connectivity index (χ4n) is 0.988. The third-order valence-corrected chi connectivity index (χ3v) is 2.22. The molecule has 0 aromatic heterocycles. The van der Waals surface area contributed by atoms with Crippen LogP contribution in [0.1, 0.15) is 6.92 Å². The Bertz CT molecular complexity index is 272. The maximum atomic E-state index is 10.5. The average molecular weight is 229 g/mol. The highest BCUT2D eigenvalue weighted by Gasteiger charge is 2.17. The van der Waals surface area contributed by atoms with Crippen molar-refractivity contribution in [3.63, 3.8) is 0 Å². The van der Waals surface area contributed by atoms with E-state index in [0.717, 1.165) is 4.48 Å². The minimum absolute atomic E-state index is 0.244. The van der Waals surface area contributed by atoms with Crippen LogP contribution in [0.15, 0.2) is 28.3 Å². The quantitative estimate of drug-likeness (QED) is 0.677. The predicted molar refractivity (Wildman–Crippen MR) is 50.8 cm³/mol. The van der Waals surface area contributed by atoms with Gasteiger partial charge in [-0.3, -0.25) is 0 Å². The second-order valence-corrected chi connectivity index (χ2v) is 3.15. The number of allylic oxidation sites excluding steroid dienone is 2. The highest BCUT2D eigenvalue weighted by molar-refractivity contribution is 9.12. The van der Waals surface area contributed by atoms with Crippen LogP contribution in [0.5, 0.6) is 0 Å². The van der Waals surface area contributed by atoms with Crippen LogP contribution in [-0.2, 0) is 9.53 Å². The molecule has 0 bridgehead atoms. The molecule has 0 spiro atoms. The lowest BCUT2D eigenvalue weighted by Crippen LogP contribution is -2.15. The molecule has 0 fully saturated rings. The van der Waals surface area contributed by atoms with E-state index in [1.807, 2.05) is 25.0 Å². The van der Waals surface area contributed by atoms with Gasteiger partial charge >= 0.3 is 0 Å². The Kier molecular flexibility index (Phi) is 3.48. The summed E-state index contributed by atoms with van der Waals surface area (Å²) in [5.74, 6) is 1.86. The third-order valence-electron chi connectivity index (χ3n) is 1.53. The molecule has 12 heavy (non-hydrogen) atoms. The largest absolute Gasteiger partial charge is 0.369 e. The van der Waals surface area contributed by atoms with Gasteiger partial charge in [-0.25, -0.2) is 4.79 Å². The van der Waals surface area contributed by atoms with Crippen LogP contribution < -0.4 is 0 Å². The Balaban J connectivity index is 2.85. The van der Waals surface area contributed by atoms with E-state index in [9.17, 15) is 4.79 Å². The van der Waals surface area contributed by atoms with Gasteiger partial charge in [-0.2, -0.15) is 0 Å². The molecule has 1 rings (SSSR count). The van der Waals surface area contributed by atoms with Gasteiger partial charge in [-0.15, -0.1) is 0 Å². The van der Waals surface area contributed by atoms with Gasteiger partial charge in [-0.1, -0.05) is 12.2 Å². The first-order valence-electron chi connectivity index (χ1n) is 3.70. The van der Waals surface area contributed by atoms with Crippen LogP contribution in [0.3, 0.4) is 0 Å². The fraction of sp³-hybridized carbons (Fsp3) is 0.333. The van der Waals surface area contributed by atoms with Gasteiger partial charge in [-0.05, 0) is 28.9 Å². The highest BCUT2D eigenvalue weighted by Crippen LogP contribution is 2.24. The van der Waals surface area contributed by atoms with Crippen LogP contribution in [-0.4, -0.2) is 18.7 Å².